The lowest BCUT2D eigenvalue weighted by molar-refractivity contribution is 0.0937. The number of carbonyl (C=O) groups is 1. The van der Waals surface area contributed by atoms with Crippen molar-refractivity contribution >= 4 is 18.3 Å². The molecule has 1 saturated carbocycles. The Morgan fingerprint density at radius 2 is 2.36 bits per heavy atom. The summed E-state index contributed by atoms with van der Waals surface area (Å²) in [6, 6.07) is 2.22. The highest BCUT2D eigenvalue weighted by Gasteiger charge is 2.41. The van der Waals surface area contributed by atoms with Crippen molar-refractivity contribution in [3.05, 3.63) is 18.0 Å². The minimum atomic E-state index is -0.0279. The Kier molecular flexibility index (Phi) is 5.87. The highest BCUT2D eigenvalue weighted by atomic mass is 35.5. The van der Waals surface area contributed by atoms with Crippen molar-refractivity contribution in [1.29, 1.82) is 0 Å². The van der Waals surface area contributed by atoms with E-state index in [9.17, 15) is 4.79 Å². The van der Waals surface area contributed by atoms with Gasteiger partial charge in [-0.05, 0) is 50.1 Å². The molecule has 6 heteroatoms. The molecule has 1 unspecified atom stereocenters. The van der Waals surface area contributed by atoms with Gasteiger partial charge in [0.25, 0.3) is 5.91 Å². The Labute approximate surface area is 138 Å². The van der Waals surface area contributed by atoms with Crippen molar-refractivity contribution in [3.63, 3.8) is 0 Å². The fourth-order valence-electron chi connectivity index (χ4n) is 3.30. The second-order valence-corrected chi connectivity index (χ2v) is 6.61. The number of hydrogen-bond acceptors (Lipinski definition) is 3. The molecule has 1 atom stereocenters. The van der Waals surface area contributed by atoms with E-state index in [4.69, 9.17) is 0 Å². The van der Waals surface area contributed by atoms with E-state index < -0.39 is 0 Å². The summed E-state index contributed by atoms with van der Waals surface area (Å²) < 4.78 is 1.94. The lowest BCUT2D eigenvalue weighted by Crippen LogP contribution is -2.33. The molecule has 2 fully saturated rings. The van der Waals surface area contributed by atoms with Crippen LogP contribution in [0.1, 0.15) is 62.0 Å². The predicted octanol–water partition coefficient (Wildman–Crippen LogP) is 2.54. The number of piperidine rings is 1. The summed E-state index contributed by atoms with van der Waals surface area (Å²) in [4.78, 5) is 12.2. The average molecular weight is 327 g/mol. The molecule has 1 saturated heterocycles. The first-order chi connectivity index (χ1) is 10.2. The molecule has 2 N–H and O–H groups in total. The molecule has 124 valence electrons. The van der Waals surface area contributed by atoms with E-state index >= 15 is 0 Å². The van der Waals surface area contributed by atoms with Crippen LogP contribution in [0.25, 0.3) is 0 Å². The Balaban J connectivity index is 0.00000176. The number of carbonyl (C=O) groups excluding carboxylic acids is 1. The molecule has 1 aromatic rings. The van der Waals surface area contributed by atoms with E-state index in [0.717, 1.165) is 26.1 Å². The second kappa shape index (κ2) is 7.47. The lowest BCUT2D eigenvalue weighted by atomic mass is 10.0. The maximum atomic E-state index is 12.2. The van der Waals surface area contributed by atoms with Crippen molar-refractivity contribution < 1.29 is 4.79 Å². The van der Waals surface area contributed by atoms with Crippen molar-refractivity contribution in [2.45, 2.75) is 51.5 Å². The van der Waals surface area contributed by atoms with Gasteiger partial charge in [0.15, 0.2) is 0 Å². The first-order valence-corrected chi connectivity index (χ1v) is 8.26. The van der Waals surface area contributed by atoms with Crippen molar-refractivity contribution in [2.24, 2.45) is 5.41 Å². The molecule has 1 aliphatic carbocycles. The number of nitrogens with one attached hydrogen (secondary N) is 2. The average Bonchev–Trinajstić information content (AvgIpc) is 3.10. The maximum Gasteiger partial charge on any atom is 0.271 e. The SMILES string of the molecule is CCCC1(CNC(=O)c2ccn(C3CCCNC3)n2)CC1.Cl. The van der Waals surface area contributed by atoms with Crippen LogP contribution >= 0.6 is 12.4 Å². The fourth-order valence-corrected chi connectivity index (χ4v) is 3.30. The third kappa shape index (κ3) is 4.02. The molecule has 5 nitrogen and oxygen atoms in total. The highest BCUT2D eigenvalue weighted by molar-refractivity contribution is 5.92. The first-order valence-electron chi connectivity index (χ1n) is 8.26. The quantitative estimate of drug-likeness (QED) is 0.844. The Morgan fingerprint density at radius 1 is 1.55 bits per heavy atom. The topological polar surface area (TPSA) is 59.0 Å². The summed E-state index contributed by atoms with van der Waals surface area (Å²) in [5.74, 6) is -0.0279. The monoisotopic (exact) mass is 326 g/mol. The third-order valence-electron chi connectivity index (χ3n) is 4.85. The van der Waals surface area contributed by atoms with Crippen molar-refractivity contribution in [2.75, 3.05) is 19.6 Å². The van der Waals surface area contributed by atoms with Gasteiger partial charge in [0, 0.05) is 19.3 Å². The first kappa shape index (κ1) is 17.3. The van der Waals surface area contributed by atoms with Crippen molar-refractivity contribution in [1.82, 2.24) is 20.4 Å². The normalized spacial score (nSPS) is 22.7. The summed E-state index contributed by atoms with van der Waals surface area (Å²) in [7, 11) is 0. The molecule has 0 radical (unpaired) electrons. The summed E-state index contributed by atoms with van der Waals surface area (Å²) in [5.41, 5.74) is 0.938. The van der Waals surface area contributed by atoms with E-state index in [1.54, 1.807) is 0 Å². The molecule has 0 bridgehead atoms. The predicted molar refractivity (Wildman–Crippen MR) is 89.5 cm³/mol. The van der Waals surface area contributed by atoms with E-state index in [2.05, 4.69) is 22.7 Å². The molecule has 2 heterocycles. The number of aromatic nitrogens is 2. The molecular formula is C16H27ClN4O. The van der Waals surface area contributed by atoms with Crippen LogP contribution < -0.4 is 10.6 Å². The van der Waals surface area contributed by atoms with Crippen LogP contribution in [0.4, 0.5) is 0 Å². The number of rotatable bonds is 6. The van der Waals surface area contributed by atoms with Crippen LogP contribution in [0.3, 0.4) is 0 Å². The van der Waals surface area contributed by atoms with Gasteiger partial charge < -0.3 is 10.6 Å². The van der Waals surface area contributed by atoms with Crippen LogP contribution in [0, 0.1) is 5.41 Å². The Bertz CT molecular complexity index is 492. The van der Waals surface area contributed by atoms with E-state index in [1.165, 1.54) is 32.1 Å². The molecule has 3 rings (SSSR count). The van der Waals surface area contributed by atoms with Gasteiger partial charge in [-0.25, -0.2) is 0 Å². The Hall–Kier alpha value is -1.07. The van der Waals surface area contributed by atoms with Crippen LogP contribution in [0.15, 0.2) is 12.3 Å². The molecule has 1 amide bonds. The van der Waals surface area contributed by atoms with E-state index in [1.807, 2.05) is 16.9 Å². The number of hydrogen-bond donors (Lipinski definition) is 2. The number of amides is 1. The van der Waals surface area contributed by atoms with Crippen molar-refractivity contribution in [3.8, 4) is 0 Å². The second-order valence-electron chi connectivity index (χ2n) is 6.61. The maximum absolute atomic E-state index is 12.2. The number of halogens is 1. The fraction of sp³-hybridized carbons (Fsp3) is 0.750. The van der Waals surface area contributed by atoms with E-state index in [-0.39, 0.29) is 18.3 Å². The summed E-state index contributed by atoms with van der Waals surface area (Å²) >= 11 is 0. The molecule has 1 aliphatic heterocycles. The van der Waals surface area contributed by atoms with Gasteiger partial charge >= 0.3 is 0 Å². The van der Waals surface area contributed by atoms with Crippen LogP contribution in [-0.4, -0.2) is 35.3 Å². The molecule has 0 spiro atoms. The van der Waals surface area contributed by atoms with Gasteiger partial charge in [-0.2, -0.15) is 5.10 Å². The largest absolute Gasteiger partial charge is 0.350 e. The number of nitrogens with zero attached hydrogens (tertiary/aromatic N) is 2. The van der Waals surface area contributed by atoms with Gasteiger partial charge in [0.2, 0.25) is 0 Å². The minimum Gasteiger partial charge on any atom is -0.350 e. The van der Waals surface area contributed by atoms with Crippen LogP contribution in [-0.2, 0) is 0 Å². The third-order valence-corrected chi connectivity index (χ3v) is 4.85. The summed E-state index contributed by atoms with van der Waals surface area (Å²) in [5, 5.41) is 10.9. The zero-order valence-electron chi connectivity index (χ0n) is 13.3. The van der Waals surface area contributed by atoms with Gasteiger partial charge in [-0.1, -0.05) is 13.3 Å². The van der Waals surface area contributed by atoms with E-state index in [0.29, 0.717) is 17.2 Å². The molecule has 0 aromatic carbocycles. The van der Waals surface area contributed by atoms with Crippen LogP contribution in [0.5, 0.6) is 0 Å². The lowest BCUT2D eigenvalue weighted by Gasteiger charge is -2.22. The van der Waals surface area contributed by atoms with Gasteiger partial charge in [0.05, 0.1) is 6.04 Å². The van der Waals surface area contributed by atoms with Gasteiger partial charge in [-0.15, -0.1) is 12.4 Å². The summed E-state index contributed by atoms with van der Waals surface area (Å²) in [6.07, 6.45) is 9.16. The highest BCUT2D eigenvalue weighted by Crippen LogP contribution is 2.48. The molecule has 1 aromatic heterocycles. The standard InChI is InChI=1S/C16H26N4O.ClH/c1-2-6-16(7-8-16)12-18-15(21)14-5-10-20(19-14)13-4-3-9-17-11-13;/h5,10,13,17H,2-4,6-9,11-12H2,1H3,(H,18,21);1H. The Morgan fingerprint density at radius 3 is 3.00 bits per heavy atom. The van der Waals surface area contributed by atoms with Gasteiger partial charge in [0.1, 0.15) is 5.69 Å². The molecule has 22 heavy (non-hydrogen) atoms. The molecular weight excluding hydrogens is 300 g/mol. The molecule has 2 aliphatic rings. The smallest absolute Gasteiger partial charge is 0.271 e. The summed E-state index contributed by atoms with van der Waals surface area (Å²) in [6.45, 7) is 5.05. The van der Waals surface area contributed by atoms with Gasteiger partial charge in [-0.3, -0.25) is 9.48 Å². The zero-order chi connectivity index (χ0) is 14.7. The van der Waals surface area contributed by atoms with Crippen LogP contribution in [0.2, 0.25) is 0 Å². The zero-order valence-corrected chi connectivity index (χ0v) is 14.1. The minimum absolute atomic E-state index is 0.